The predicted molar refractivity (Wildman–Crippen MR) is 115 cm³/mol. The SMILES string of the molecule is CCOc1ccc(-c2c(C)sc3nc(C)nc(NCCCN(C)C)c23)cc1. The normalized spacial score (nSPS) is 11.3. The molecule has 0 bridgehead atoms. The number of hydrogen-bond acceptors (Lipinski definition) is 6. The van der Waals surface area contributed by atoms with E-state index in [0.717, 1.165) is 47.1 Å². The zero-order valence-electron chi connectivity index (χ0n) is 16.8. The number of nitrogens with zero attached hydrogens (tertiary/aromatic N) is 3. The van der Waals surface area contributed by atoms with Crippen molar-refractivity contribution in [3.05, 3.63) is 35.0 Å². The van der Waals surface area contributed by atoms with Gasteiger partial charge in [-0.25, -0.2) is 9.97 Å². The molecule has 0 saturated carbocycles. The topological polar surface area (TPSA) is 50.3 Å². The summed E-state index contributed by atoms with van der Waals surface area (Å²) in [5, 5.41) is 4.67. The number of hydrogen-bond donors (Lipinski definition) is 1. The summed E-state index contributed by atoms with van der Waals surface area (Å²) >= 11 is 1.73. The van der Waals surface area contributed by atoms with Crippen LogP contribution in [0.3, 0.4) is 0 Å². The zero-order valence-corrected chi connectivity index (χ0v) is 17.6. The van der Waals surface area contributed by atoms with E-state index < -0.39 is 0 Å². The van der Waals surface area contributed by atoms with Gasteiger partial charge in [0.1, 0.15) is 22.2 Å². The Morgan fingerprint density at radius 3 is 2.52 bits per heavy atom. The average Bonchev–Trinajstić information content (AvgIpc) is 2.95. The van der Waals surface area contributed by atoms with Crippen molar-refractivity contribution in [1.29, 1.82) is 0 Å². The van der Waals surface area contributed by atoms with E-state index in [2.05, 4.69) is 48.4 Å². The molecule has 0 fully saturated rings. The first-order valence-electron chi connectivity index (χ1n) is 9.39. The van der Waals surface area contributed by atoms with Crippen LogP contribution in [0.15, 0.2) is 24.3 Å². The summed E-state index contributed by atoms with van der Waals surface area (Å²) in [5.74, 6) is 2.63. The van der Waals surface area contributed by atoms with Gasteiger partial charge in [0.15, 0.2) is 0 Å². The maximum atomic E-state index is 5.58. The molecule has 1 aromatic carbocycles. The molecule has 3 aromatic rings. The maximum Gasteiger partial charge on any atom is 0.139 e. The minimum Gasteiger partial charge on any atom is -0.494 e. The second kappa shape index (κ2) is 8.67. The summed E-state index contributed by atoms with van der Waals surface area (Å²) < 4.78 is 5.58. The number of rotatable bonds is 8. The number of ether oxygens (including phenoxy) is 1. The summed E-state index contributed by atoms with van der Waals surface area (Å²) in [6, 6.07) is 8.30. The third-order valence-electron chi connectivity index (χ3n) is 4.37. The van der Waals surface area contributed by atoms with Gasteiger partial charge < -0.3 is 15.0 Å². The van der Waals surface area contributed by atoms with Crippen LogP contribution in [-0.4, -0.2) is 48.7 Å². The molecule has 0 aliphatic rings. The van der Waals surface area contributed by atoms with Crippen molar-refractivity contribution in [2.24, 2.45) is 0 Å². The molecule has 0 amide bonds. The van der Waals surface area contributed by atoms with Gasteiger partial charge in [-0.15, -0.1) is 11.3 Å². The minimum atomic E-state index is 0.674. The van der Waals surface area contributed by atoms with E-state index in [4.69, 9.17) is 9.72 Å². The summed E-state index contributed by atoms with van der Waals surface area (Å²) in [4.78, 5) is 13.9. The van der Waals surface area contributed by atoms with Gasteiger partial charge in [-0.3, -0.25) is 0 Å². The fourth-order valence-corrected chi connectivity index (χ4v) is 4.27. The molecule has 0 atom stereocenters. The van der Waals surface area contributed by atoms with Gasteiger partial charge in [-0.2, -0.15) is 0 Å². The Labute approximate surface area is 165 Å². The van der Waals surface area contributed by atoms with Gasteiger partial charge in [0.05, 0.1) is 12.0 Å². The molecule has 1 N–H and O–H groups in total. The van der Waals surface area contributed by atoms with E-state index in [-0.39, 0.29) is 0 Å². The Hall–Kier alpha value is -2.18. The van der Waals surface area contributed by atoms with Crippen molar-refractivity contribution < 1.29 is 4.74 Å². The van der Waals surface area contributed by atoms with Crippen molar-refractivity contribution in [2.75, 3.05) is 39.1 Å². The van der Waals surface area contributed by atoms with E-state index in [1.165, 1.54) is 16.0 Å². The predicted octanol–water partition coefficient (Wildman–Crippen LogP) is 4.74. The highest BCUT2D eigenvalue weighted by Crippen LogP contribution is 2.41. The van der Waals surface area contributed by atoms with Crippen LogP contribution in [-0.2, 0) is 0 Å². The second-order valence-corrected chi connectivity index (χ2v) is 8.08. The molecule has 0 aliphatic heterocycles. The maximum absolute atomic E-state index is 5.58. The van der Waals surface area contributed by atoms with Crippen molar-refractivity contribution in [2.45, 2.75) is 27.2 Å². The molecule has 144 valence electrons. The second-order valence-electron chi connectivity index (χ2n) is 6.87. The Morgan fingerprint density at radius 1 is 1.11 bits per heavy atom. The number of fused-ring (bicyclic) bond motifs is 1. The lowest BCUT2D eigenvalue weighted by molar-refractivity contribution is 0.340. The molecule has 0 unspecified atom stereocenters. The number of aryl methyl sites for hydroxylation is 2. The third-order valence-corrected chi connectivity index (χ3v) is 5.37. The molecule has 3 rings (SSSR count). The van der Waals surface area contributed by atoms with Gasteiger partial charge >= 0.3 is 0 Å². The quantitative estimate of drug-likeness (QED) is 0.569. The highest BCUT2D eigenvalue weighted by Gasteiger charge is 2.17. The van der Waals surface area contributed by atoms with Gasteiger partial charge in [-0.05, 0) is 65.5 Å². The Kier molecular flexibility index (Phi) is 6.29. The van der Waals surface area contributed by atoms with E-state index in [1.807, 2.05) is 26.0 Å². The van der Waals surface area contributed by atoms with Crippen molar-refractivity contribution >= 4 is 27.4 Å². The van der Waals surface area contributed by atoms with Crippen LogP contribution < -0.4 is 10.1 Å². The van der Waals surface area contributed by atoms with Gasteiger partial charge in [0.2, 0.25) is 0 Å². The van der Waals surface area contributed by atoms with E-state index >= 15 is 0 Å². The van der Waals surface area contributed by atoms with E-state index in [9.17, 15) is 0 Å². The van der Waals surface area contributed by atoms with Gasteiger partial charge in [0, 0.05) is 17.0 Å². The molecule has 2 heterocycles. The minimum absolute atomic E-state index is 0.674. The number of benzene rings is 1. The Morgan fingerprint density at radius 2 is 1.85 bits per heavy atom. The van der Waals surface area contributed by atoms with Gasteiger partial charge in [0.25, 0.3) is 0 Å². The Balaban J connectivity index is 1.98. The summed E-state index contributed by atoms with van der Waals surface area (Å²) in [6.07, 6.45) is 1.07. The fourth-order valence-electron chi connectivity index (χ4n) is 3.18. The summed E-state index contributed by atoms with van der Waals surface area (Å²) in [6.45, 7) is 8.72. The van der Waals surface area contributed by atoms with Gasteiger partial charge in [-0.1, -0.05) is 12.1 Å². The molecule has 6 heteroatoms. The third kappa shape index (κ3) is 4.57. The standard InChI is InChI=1S/C21H28N4OS/c1-6-26-17-10-8-16(9-11-17)18-14(2)27-21-19(18)20(23-15(3)24-21)22-12-7-13-25(4)5/h8-11H,6-7,12-13H2,1-5H3,(H,22,23,24). The largest absolute Gasteiger partial charge is 0.494 e. The zero-order chi connectivity index (χ0) is 19.4. The molecule has 0 aliphatic carbocycles. The molecule has 0 saturated heterocycles. The van der Waals surface area contributed by atoms with Crippen LogP contribution in [0, 0.1) is 13.8 Å². The first-order valence-corrected chi connectivity index (χ1v) is 10.2. The Bertz CT molecular complexity index is 903. The van der Waals surface area contributed by atoms with Crippen LogP contribution in [0.1, 0.15) is 24.0 Å². The summed E-state index contributed by atoms with van der Waals surface area (Å²) in [5.41, 5.74) is 2.39. The number of anilines is 1. The smallest absolute Gasteiger partial charge is 0.139 e. The first-order chi connectivity index (χ1) is 13.0. The molecular formula is C21H28N4OS. The van der Waals surface area contributed by atoms with E-state index in [1.54, 1.807) is 11.3 Å². The van der Waals surface area contributed by atoms with Crippen LogP contribution in [0.2, 0.25) is 0 Å². The van der Waals surface area contributed by atoms with Crippen LogP contribution in [0.25, 0.3) is 21.3 Å². The van der Waals surface area contributed by atoms with Crippen LogP contribution in [0.5, 0.6) is 5.75 Å². The number of thiophene rings is 1. The molecule has 0 spiro atoms. The van der Waals surface area contributed by atoms with E-state index in [0.29, 0.717) is 6.61 Å². The first kappa shape index (κ1) is 19.6. The average molecular weight is 385 g/mol. The molecule has 2 aromatic heterocycles. The van der Waals surface area contributed by atoms with Crippen molar-refractivity contribution in [3.63, 3.8) is 0 Å². The number of aromatic nitrogens is 2. The van der Waals surface area contributed by atoms with Crippen LogP contribution in [0.4, 0.5) is 5.82 Å². The van der Waals surface area contributed by atoms with Crippen LogP contribution >= 0.6 is 11.3 Å². The number of nitrogens with one attached hydrogen (secondary N) is 1. The molecule has 0 radical (unpaired) electrons. The molecule has 27 heavy (non-hydrogen) atoms. The van der Waals surface area contributed by atoms with Crippen molar-refractivity contribution in [1.82, 2.24) is 14.9 Å². The lowest BCUT2D eigenvalue weighted by atomic mass is 10.0. The highest BCUT2D eigenvalue weighted by atomic mass is 32.1. The fraction of sp³-hybridized carbons (Fsp3) is 0.429. The lowest BCUT2D eigenvalue weighted by Crippen LogP contribution is -2.16. The van der Waals surface area contributed by atoms with Crippen molar-refractivity contribution in [3.8, 4) is 16.9 Å². The molecular weight excluding hydrogens is 356 g/mol. The molecule has 5 nitrogen and oxygen atoms in total. The monoisotopic (exact) mass is 384 g/mol. The lowest BCUT2D eigenvalue weighted by Gasteiger charge is -2.12. The highest BCUT2D eigenvalue weighted by molar-refractivity contribution is 7.19. The summed E-state index contributed by atoms with van der Waals surface area (Å²) in [7, 11) is 4.19.